The average molecular weight is 380 g/mol. The van der Waals surface area contributed by atoms with Crippen LogP contribution in [0.15, 0.2) is 46.9 Å². The molecule has 7 heteroatoms. The number of fused-ring (bicyclic) bond motifs is 1. The van der Waals surface area contributed by atoms with Crippen molar-refractivity contribution in [1.82, 2.24) is 14.8 Å². The Bertz CT molecular complexity index is 977. The third-order valence-electron chi connectivity index (χ3n) is 4.93. The van der Waals surface area contributed by atoms with Crippen molar-refractivity contribution in [2.24, 2.45) is 0 Å². The van der Waals surface area contributed by atoms with Crippen LogP contribution in [0, 0.1) is 6.92 Å². The predicted octanol–water partition coefficient (Wildman–Crippen LogP) is 3.49. The van der Waals surface area contributed by atoms with Gasteiger partial charge in [0.15, 0.2) is 5.58 Å². The van der Waals surface area contributed by atoms with Crippen molar-refractivity contribution in [3.05, 3.63) is 53.9 Å². The zero-order valence-corrected chi connectivity index (χ0v) is 16.1. The first-order valence-corrected chi connectivity index (χ1v) is 9.39. The summed E-state index contributed by atoms with van der Waals surface area (Å²) >= 11 is 0. The van der Waals surface area contributed by atoms with E-state index >= 15 is 0 Å². The Morgan fingerprint density at radius 3 is 2.79 bits per heavy atom. The van der Waals surface area contributed by atoms with Crippen molar-refractivity contribution in [3.63, 3.8) is 0 Å². The van der Waals surface area contributed by atoms with E-state index in [9.17, 15) is 4.79 Å². The van der Waals surface area contributed by atoms with E-state index in [4.69, 9.17) is 9.15 Å². The smallest absolute Gasteiger partial charge is 0.321 e. The Morgan fingerprint density at radius 2 is 2.00 bits per heavy atom. The number of hydrogen-bond donors (Lipinski definition) is 1. The molecule has 0 unspecified atom stereocenters. The third kappa shape index (κ3) is 4.09. The second-order valence-corrected chi connectivity index (χ2v) is 7.00. The molecule has 1 aliphatic rings. The first kappa shape index (κ1) is 18.3. The van der Waals surface area contributed by atoms with Gasteiger partial charge in [0.05, 0.1) is 13.7 Å². The summed E-state index contributed by atoms with van der Waals surface area (Å²) < 4.78 is 11.0. The van der Waals surface area contributed by atoms with Crippen LogP contribution in [0.2, 0.25) is 0 Å². The number of carbonyl (C=O) groups is 1. The van der Waals surface area contributed by atoms with Gasteiger partial charge in [0.1, 0.15) is 11.3 Å². The fourth-order valence-electron chi connectivity index (χ4n) is 3.36. The van der Waals surface area contributed by atoms with E-state index in [1.165, 1.54) is 5.56 Å². The Morgan fingerprint density at radius 1 is 1.18 bits per heavy atom. The summed E-state index contributed by atoms with van der Waals surface area (Å²) in [4.78, 5) is 21.2. The molecule has 28 heavy (non-hydrogen) atoms. The molecule has 7 nitrogen and oxygen atoms in total. The normalized spacial score (nSPS) is 15.0. The molecule has 1 N–H and O–H groups in total. The highest BCUT2D eigenvalue weighted by molar-refractivity contribution is 5.89. The van der Waals surface area contributed by atoms with E-state index < -0.39 is 0 Å². The van der Waals surface area contributed by atoms with Crippen molar-refractivity contribution in [2.45, 2.75) is 13.5 Å². The molecule has 0 saturated carbocycles. The Labute approximate surface area is 163 Å². The van der Waals surface area contributed by atoms with Crippen LogP contribution < -0.4 is 10.1 Å². The van der Waals surface area contributed by atoms with Crippen LogP contribution in [-0.4, -0.2) is 54.1 Å². The molecule has 0 radical (unpaired) electrons. The molecule has 2 heterocycles. The van der Waals surface area contributed by atoms with Gasteiger partial charge in [-0.25, -0.2) is 9.78 Å². The summed E-state index contributed by atoms with van der Waals surface area (Å²) in [6.07, 6.45) is 0. The van der Waals surface area contributed by atoms with Gasteiger partial charge < -0.3 is 19.4 Å². The Balaban J connectivity index is 1.31. The standard InChI is InChI=1S/C21H24N4O3/c1-15-6-7-19-18(12-15)23-20(28-19)14-24-8-10-25(11-9-24)21(26)22-16-4-3-5-17(13-16)27-2/h3-7,12-13H,8-11,14H2,1-2H3,(H,22,26). The molecule has 2 amide bonds. The lowest BCUT2D eigenvalue weighted by Crippen LogP contribution is -2.49. The molecule has 0 spiro atoms. The maximum atomic E-state index is 12.5. The Kier molecular flexibility index (Phi) is 5.16. The number of carbonyl (C=O) groups excluding carboxylic acids is 1. The summed E-state index contributed by atoms with van der Waals surface area (Å²) in [5.74, 6) is 1.44. The van der Waals surface area contributed by atoms with Gasteiger partial charge in [-0.1, -0.05) is 12.1 Å². The molecule has 3 aromatic rings. The number of rotatable bonds is 4. The lowest BCUT2D eigenvalue weighted by Gasteiger charge is -2.34. The fraction of sp³-hybridized carbons (Fsp3) is 0.333. The molecule has 0 bridgehead atoms. The largest absolute Gasteiger partial charge is 0.497 e. The minimum Gasteiger partial charge on any atom is -0.497 e. The number of urea groups is 1. The zero-order valence-electron chi connectivity index (χ0n) is 16.1. The van der Waals surface area contributed by atoms with Crippen LogP contribution in [0.4, 0.5) is 10.5 Å². The number of piperazine rings is 1. The number of aromatic nitrogens is 1. The van der Waals surface area contributed by atoms with Crippen LogP contribution >= 0.6 is 0 Å². The molecule has 1 saturated heterocycles. The van der Waals surface area contributed by atoms with Gasteiger partial charge in [0.2, 0.25) is 5.89 Å². The summed E-state index contributed by atoms with van der Waals surface area (Å²) in [7, 11) is 1.61. The Hall–Kier alpha value is -3.06. The summed E-state index contributed by atoms with van der Waals surface area (Å²) in [5, 5.41) is 2.93. The number of aryl methyl sites for hydroxylation is 1. The lowest BCUT2D eigenvalue weighted by atomic mass is 10.2. The SMILES string of the molecule is COc1cccc(NC(=O)N2CCN(Cc3nc4cc(C)ccc4o3)CC2)c1. The number of nitrogens with one attached hydrogen (secondary N) is 1. The van der Waals surface area contributed by atoms with Crippen molar-refractivity contribution in [1.29, 1.82) is 0 Å². The number of methoxy groups -OCH3 is 1. The summed E-state index contributed by atoms with van der Waals surface area (Å²) in [6.45, 7) is 5.58. The highest BCUT2D eigenvalue weighted by Gasteiger charge is 2.22. The zero-order chi connectivity index (χ0) is 19.5. The maximum absolute atomic E-state index is 12.5. The first-order valence-electron chi connectivity index (χ1n) is 9.39. The van der Waals surface area contributed by atoms with E-state index in [1.807, 2.05) is 54.3 Å². The van der Waals surface area contributed by atoms with Crippen LogP contribution in [0.1, 0.15) is 11.5 Å². The monoisotopic (exact) mass is 380 g/mol. The van der Waals surface area contributed by atoms with Crippen LogP contribution in [-0.2, 0) is 6.54 Å². The van der Waals surface area contributed by atoms with Gasteiger partial charge in [0.25, 0.3) is 0 Å². The molecule has 0 aliphatic carbocycles. The van der Waals surface area contributed by atoms with Crippen LogP contribution in [0.5, 0.6) is 5.75 Å². The molecular weight excluding hydrogens is 356 g/mol. The molecular formula is C21H24N4O3. The van der Waals surface area contributed by atoms with Crippen molar-refractivity contribution < 1.29 is 13.9 Å². The number of amides is 2. The molecule has 146 valence electrons. The highest BCUT2D eigenvalue weighted by Crippen LogP contribution is 2.19. The number of ether oxygens (including phenoxy) is 1. The summed E-state index contributed by atoms with van der Waals surface area (Å²) in [5.41, 5.74) is 3.61. The van der Waals surface area contributed by atoms with Gasteiger partial charge in [0, 0.05) is 37.9 Å². The minimum atomic E-state index is -0.0924. The molecule has 1 aromatic heterocycles. The van der Waals surface area contributed by atoms with E-state index in [-0.39, 0.29) is 6.03 Å². The van der Waals surface area contributed by atoms with Crippen molar-refractivity contribution in [3.8, 4) is 5.75 Å². The molecule has 1 fully saturated rings. The molecule has 1 aliphatic heterocycles. The van der Waals surface area contributed by atoms with E-state index in [1.54, 1.807) is 7.11 Å². The fourth-order valence-corrected chi connectivity index (χ4v) is 3.36. The first-order chi connectivity index (χ1) is 13.6. The topological polar surface area (TPSA) is 70.8 Å². The highest BCUT2D eigenvalue weighted by atomic mass is 16.5. The second kappa shape index (κ2) is 7.90. The maximum Gasteiger partial charge on any atom is 0.321 e. The number of hydrogen-bond acceptors (Lipinski definition) is 5. The van der Waals surface area contributed by atoms with Crippen molar-refractivity contribution in [2.75, 3.05) is 38.6 Å². The number of anilines is 1. The molecule has 4 rings (SSSR count). The average Bonchev–Trinajstić information content (AvgIpc) is 3.10. The van der Waals surface area contributed by atoms with E-state index in [0.717, 1.165) is 41.5 Å². The number of benzene rings is 2. The predicted molar refractivity (Wildman–Crippen MR) is 108 cm³/mol. The molecule has 2 aromatic carbocycles. The van der Waals surface area contributed by atoms with Crippen molar-refractivity contribution >= 4 is 22.8 Å². The third-order valence-corrected chi connectivity index (χ3v) is 4.93. The van der Waals surface area contributed by atoms with Crippen LogP contribution in [0.3, 0.4) is 0 Å². The van der Waals surface area contributed by atoms with Gasteiger partial charge in [-0.3, -0.25) is 4.90 Å². The summed E-state index contributed by atoms with van der Waals surface area (Å²) in [6, 6.07) is 13.3. The number of oxazole rings is 1. The molecule has 0 atom stereocenters. The van der Waals surface area contributed by atoms with Gasteiger partial charge >= 0.3 is 6.03 Å². The van der Waals surface area contributed by atoms with Gasteiger partial charge in [-0.15, -0.1) is 0 Å². The minimum absolute atomic E-state index is 0.0924. The van der Waals surface area contributed by atoms with Crippen LogP contribution in [0.25, 0.3) is 11.1 Å². The van der Waals surface area contributed by atoms with Gasteiger partial charge in [-0.2, -0.15) is 0 Å². The number of nitrogens with zero attached hydrogens (tertiary/aromatic N) is 3. The second-order valence-electron chi connectivity index (χ2n) is 7.00. The van der Waals surface area contributed by atoms with Gasteiger partial charge in [-0.05, 0) is 36.8 Å². The van der Waals surface area contributed by atoms with E-state index in [2.05, 4.69) is 15.2 Å². The lowest BCUT2D eigenvalue weighted by molar-refractivity contribution is 0.136. The quantitative estimate of drug-likeness (QED) is 0.750. The van der Waals surface area contributed by atoms with E-state index in [0.29, 0.717) is 19.6 Å².